The summed E-state index contributed by atoms with van der Waals surface area (Å²) in [6, 6.07) is 7.77. The van der Waals surface area contributed by atoms with Crippen LogP contribution in [0.4, 0.5) is 4.39 Å². The van der Waals surface area contributed by atoms with Gasteiger partial charge in [-0.3, -0.25) is 14.4 Å². The van der Waals surface area contributed by atoms with E-state index in [1.807, 2.05) is 30.5 Å². The maximum absolute atomic E-state index is 14.2. The Labute approximate surface area is 170 Å². The largest absolute Gasteiger partial charge is 0.497 e. The number of fused-ring (bicyclic) bond motifs is 1. The fourth-order valence-electron chi connectivity index (χ4n) is 4.75. The van der Waals surface area contributed by atoms with Crippen LogP contribution < -0.4 is 4.74 Å². The number of H-pyrrole nitrogens is 1. The monoisotopic (exact) mass is 422 g/mol. The zero-order valence-corrected chi connectivity index (χ0v) is 17.6. The van der Waals surface area contributed by atoms with Gasteiger partial charge in [0.05, 0.1) is 31.9 Å². The average Bonchev–Trinajstić information content (AvgIpc) is 3.31. The Kier molecular flexibility index (Phi) is 5.39. The van der Waals surface area contributed by atoms with Crippen molar-refractivity contribution in [2.45, 2.75) is 13.0 Å². The number of rotatable bonds is 6. The molecule has 2 aliphatic rings. The quantitative estimate of drug-likeness (QED) is 0.772. The number of hydrogen-bond acceptors (Lipinski definition) is 5. The summed E-state index contributed by atoms with van der Waals surface area (Å²) in [5.74, 6) is 0.935. The molecule has 2 saturated heterocycles. The van der Waals surface area contributed by atoms with E-state index in [0.29, 0.717) is 26.1 Å². The van der Waals surface area contributed by atoms with Crippen molar-refractivity contribution in [1.29, 1.82) is 0 Å². The molecule has 7 nitrogen and oxygen atoms in total. The van der Waals surface area contributed by atoms with Crippen LogP contribution in [0.2, 0.25) is 0 Å². The summed E-state index contributed by atoms with van der Waals surface area (Å²) < 4.78 is 44.9. The molecule has 1 aromatic heterocycles. The van der Waals surface area contributed by atoms with Gasteiger partial charge in [0.2, 0.25) is 10.0 Å². The molecule has 0 amide bonds. The minimum absolute atomic E-state index is 0.165. The third-order valence-electron chi connectivity index (χ3n) is 6.31. The van der Waals surface area contributed by atoms with E-state index in [2.05, 4.69) is 15.1 Å². The second kappa shape index (κ2) is 7.70. The second-order valence-electron chi connectivity index (χ2n) is 8.25. The molecule has 2 aliphatic heterocycles. The summed E-state index contributed by atoms with van der Waals surface area (Å²) in [6.45, 7) is 2.18. The van der Waals surface area contributed by atoms with Crippen LogP contribution in [0.15, 0.2) is 30.5 Å². The first-order valence-corrected chi connectivity index (χ1v) is 11.6. The van der Waals surface area contributed by atoms with Crippen molar-refractivity contribution in [3.05, 3.63) is 36.0 Å². The van der Waals surface area contributed by atoms with Crippen LogP contribution in [0.25, 0.3) is 11.3 Å². The van der Waals surface area contributed by atoms with Gasteiger partial charge in [-0.2, -0.15) is 5.10 Å². The highest BCUT2D eigenvalue weighted by Crippen LogP contribution is 2.44. The number of aromatic nitrogens is 2. The molecule has 2 fully saturated rings. The number of nitrogens with one attached hydrogen (secondary N) is 1. The minimum atomic E-state index is -3.31. The van der Waals surface area contributed by atoms with Gasteiger partial charge in [-0.1, -0.05) is 12.1 Å². The topological polar surface area (TPSA) is 78.5 Å². The first-order chi connectivity index (χ1) is 13.8. The summed E-state index contributed by atoms with van der Waals surface area (Å²) >= 11 is 0. The lowest BCUT2D eigenvalue weighted by Crippen LogP contribution is -2.51. The van der Waals surface area contributed by atoms with Gasteiger partial charge >= 0.3 is 0 Å². The molecule has 3 heterocycles. The fraction of sp³-hybridized carbons (Fsp3) is 0.550. The summed E-state index contributed by atoms with van der Waals surface area (Å²) in [6.07, 6.45) is 3.71. The third kappa shape index (κ3) is 3.91. The Morgan fingerprint density at radius 3 is 2.93 bits per heavy atom. The van der Waals surface area contributed by atoms with Crippen molar-refractivity contribution >= 4 is 10.0 Å². The number of hydrogen-bond donors (Lipinski definition) is 1. The number of likely N-dealkylation sites (tertiary alicyclic amines) is 1. The Morgan fingerprint density at radius 1 is 1.38 bits per heavy atom. The van der Waals surface area contributed by atoms with Gasteiger partial charge in [0.15, 0.2) is 0 Å². The highest BCUT2D eigenvalue weighted by atomic mass is 32.2. The van der Waals surface area contributed by atoms with Crippen molar-refractivity contribution in [3.63, 3.8) is 0 Å². The Bertz CT molecular complexity index is 980. The molecule has 9 heteroatoms. The smallest absolute Gasteiger partial charge is 0.211 e. The number of sulfonamides is 1. The number of benzene rings is 1. The number of aromatic amines is 1. The molecule has 4 rings (SSSR count). The lowest BCUT2D eigenvalue weighted by Gasteiger charge is -2.41. The van der Waals surface area contributed by atoms with Crippen molar-refractivity contribution in [3.8, 4) is 17.0 Å². The van der Waals surface area contributed by atoms with E-state index >= 15 is 0 Å². The molecule has 0 spiro atoms. The zero-order valence-electron chi connectivity index (χ0n) is 16.8. The molecular formula is C20H27FN4O3S. The summed E-state index contributed by atoms with van der Waals surface area (Å²) in [5.41, 5.74) is 2.31. The maximum atomic E-state index is 14.2. The van der Waals surface area contributed by atoms with Crippen LogP contribution in [-0.2, 0) is 16.6 Å². The van der Waals surface area contributed by atoms with Gasteiger partial charge in [-0.15, -0.1) is 0 Å². The predicted octanol–water partition coefficient (Wildman–Crippen LogP) is 2.14. The van der Waals surface area contributed by atoms with Crippen LogP contribution in [0.1, 0.15) is 12.0 Å². The van der Waals surface area contributed by atoms with Crippen molar-refractivity contribution < 1.29 is 17.5 Å². The Balaban J connectivity index is 1.53. The molecule has 29 heavy (non-hydrogen) atoms. The van der Waals surface area contributed by atoms with Gasteiger partial charge in [0.1, 0.15) is 5.75 Å². The molecule has 2 aromatic rings. The fourth-order valence-corrected chi connectivity index (χ4v) is 5.68. The van der Waals surface area contributed by atoms with Gasteiger partial charge in [0, 0.05) is 49.3 Å². The Hall–Kier alpha value is -1.97. The maximum Gasteiger partial charge on any atom is 0.211 e. The molecule has 0 unspecified atom stereocenters. The van der Waals surface area contributed by atoms with Crippen LogP contribution >= 0.6 is 0 Å². The second-order valence-corrected chi connectivity index (χ2v) is 10.2. The van der Waals surface area contributed by atoms with Gasteiger partial charge < -0.3 is 4.74 Å². The number of halogens is 1. The number of methoxy groups -OCH3 is 1. The molecule has 0 aliphatic carbocycles. The number of ether oxygens (including phenoxy) is 1. The Morgan fingerprint density at radius 2 is 2.21 bits per heavy atom. The lowest BCUT2D eigenvalue weighted by atomic mass is 9.75. The van der Waals surface area contributed by atoms with Crippen LogP contribution in [0.5, 0.6) is 5.75 Å². The molecule has 2 atom stereocenters. The van der Waals surface area contributed by atoms with E-state index < -0.39 is 22.1 Å². The van der Waals surface area contributed by atoms with Gasteiger partial charge in [0.25, 0.3) is 0 Å². The molecule has 0 saturated carbocycles. The normalized spacial score (nSPS) is 25.8. The van der Waals surface area contributed by atoms with Gasteiger partial charge in [-0.25, -0.2) is 12.7 Å². The van der Waals surface area contributed by atoms with Crippen molar-refractivity contribution in [1.82, 2.24) is 19.4 Å². The van der Waals surface area contributed by atoms with Crippen LogP contribution in [-0.4, -0.2) is 74.0 Å². The summed E-state index contributed by atoms with van der Waals surface area (Å²) in [4.78, 5) is 2.23. The van der Waals surface area contributed by atoms with E-state index in [1.54, 1.807) is 7.11 Å². The van der Waals surface area contributed by atoms with Gasteiger partial charge in [-0.05, 0) is 24.5 Å². The summed E-state index contributed by atoms with van der Waals surface area (Å²) in [5, 5.41) is 7.28. The van der Waals surface area contributed by atoms with E-state index in [-0.39, 0.29) is 12.5 Å². The lowest BCUT2D eigenvalue weighted by molar-refractivity contribution is 0.0791. The summed E-state index contributed by atoms with van der Waals surface area (Å²) in [7, 11) is -1.67. The first-order valence-electron chi connectivity index (χ1n) is 9.75. The number of alkyl halides is 1. The number of nitrogens with zero attached hydrogens (tertiary/aromatic N) is 3. The molecule has 1 N–H and O–H groups in total. The molecule has 1 aromatic carbocycles. The third-order valence-corrected chi connectivity index (χ3v) is 7.56. The molecule has 0 bridgehead atoms. The van der Waals surface area contributed by atoms with E-state index in [4.69, 9.17) is 4.74 Å². The molecular weight excluding hydrogens is 395 g/mol. The van der Waals surface area contributed by atoms with Crippen molar-refractivity contribution in [2.24, 2.45) is 11.3 Å². The first kappa shape index (κ1) is 20.3. The zero-order chi connectivity index (χ0) is 20.6. The minimum Gasteiger partial charge on any atom is -0.497 e. The average molecular weight is 423 g/mol. The van der Waals surface area contributed by atoms with E-state index in [1.165, 1.54) is 10.6 Å². The molecule has 158 valence electrons. The SMILES string of the molecule is COc1cccc(-c2[nH]ncc2CN2C[C@@H]3CCN(S(C)(=O)=O)C[C@]3(CF)C2)c1. The highest BCUT2D eigenvalue weighted by molar-refractivity contribution is 7.88. The van der Waals surface area contributed by atoms with Crippen LogP contribution in [0, 0.1) is 11.3 Å². The standard InChI is InChI=1S/C20H27FN4O3S/c1-28-18-5-3-4-15(8-18)19-16(9-22-23-19)10-24-11-17-6-7-25(29(2,26)27)14-20(17,12-21)13-24/h3-5,8-9,17H,6-7,10-14H2,1-2H3,(H,22,23)/t17-,20-/m0/s1. The van der Waals surface area contributed by atoms with Crippen molar-refractivity contribution in [2.75, 3.05) is 46.2 Å². The number of piperidine rings is 1. The highest BCUT2D eigenvalue weighted by Gasteiger charge is 2.51. The van der Waals surface area contributed by atoms with Crippen LogP contribution in [0.3, 0.4) is 0 Å². The van der Waals surface area contributed by atoms with E-state index in [0.717, 1.165) is 29.1 Å². The van der Waals surface area contributed by atoms with E-state index in [9.17, 15) is 12.8 Å². The predicted molar refractivity (Wildman–Crippen MR) is 109 cm³/mol. The molecule has 0 radical (unpaired) electrons.